The molecule has 4 saturated carbocycles. The second-order valence-electron chi connectivity index (χ2n) is 7.11. The van der Waals surface area contributed by atoms with Crippen molar-refractivity contribution >= 4 is 0 Å². The summed E-state index contributed by atoms with van der Waals surface area (Å²) in [5, 5.41) is 8.87. The summed E-state index contributed by atoms with van der Waals surface area (Å²) in [6, 6.07) is 10.5. The van der Waals surface area contributed by atoms with Crippen LogP contribution in [0.1, 0.15) is 43.2 Å². The lowest BCUT2D eigenvalue weighted by Crippen LogP contribution is -2.45. The molecule has 0 spiro atoms. The lowest BCUT2D eigenvalue weighted by atomic mass is 9.51. The van der Waals surface area contributed by atoms with E-state index in [2.05, 4.69) is 18.2 Å². The maximum absolute atomic E-state index is 8.87. The maximum Gasteiger partial charge on any atom is 0.0991 e. The summed E-state index contributed by atoms with van der Waals surface area (Å²) >= 11 is 0. The van der Waals surface area contributed by atoms with Gasteiger partial charge >= 0.3 is 0 Å². The highest BCUT2D eigenvalue weighted by Gasteiger charge is 2.47. The molecule has 5 rings (SSSR count). The van der Waals surface area contributed by atoms with Gasteiger partial charge in [0.2, 0.25) is 0 Å². The number of nitrogens with zero attached hydrogens (tertiary/aromatic N) is 1. The van der Waals surface area contributed by atoms with Gasteiger partial charge in [-0.2, -0.15) is 5.26 Å². The summed E-state index contributed by atoms with van der Waals surface area (Å²) < 4.78 is 0. The number of rotatable bonds is 2. The Morgan fingerprint density at radius 2 is 1.47 bits per heavy atom. The summed E-state index contributed by atoms with van der Waals surface area (Å²) in [6.07, 6.45) is 8.82. The number of benzene rings is 1. The maximum atomic E-state index is 8.87. The molecule has 0 N–H and O–H groups in total. The molecule has 98 valence electrons. The first kappa shape index (κ1) is 11.5. The molecule has 4 aliphatic rings. The van der Waals surface area contributed by atoms with Gasteiger partial charge in [-0.25, -0.2) is 0 Å². The Hall–Kier alpha value is -1.29. The van der Waals surface area contributed by atoms with Gasteiger partial charge in [-0.15, -0.1) is 0 Å². The SMILES string of the molecule is N#Cc1ccc(CC2C3CC4CC(C3)CC2C4)cc1. The molecule has 0 atom stereocenters. The summed E-state index contributed by atoms with van der Waals surface area (Å²) in [6.45, 7) is 0. The van der Waals surface area contributed by atoms with Gasteiger partial charge in [-0.05, 0) is 85.8 Å². The van der Waals surface area contributed by atoms with Crippen molar-refractivity contribution < 1.29 is 0 Å². The zero-order valence-electron chi connectivity index (χ0n) is 11.4. The standard InChI is InChI=1S/C18H21N/c19-11-13-3-1-12(2-4-13)10-18-16-6-14-5-15(8-16)9-17(18)7-14/h1-4,14-18H,5-10H2. The van der Waals surface area contributed by atoms with Gasteiger partial charge in [0.05, 0.1) is 11.6 Å². The van der Waals surface area contributed by atoms with E-state index in [-0.39, 0.29) is 0 Å². The predicted molar refractivity (Wildman–Crippen MR) is 75.4 cm³/mol. The minimum absolute atomic E-state index is 0.786. The monoisotopic (exact) mass is 251 g/mol. The third-order valence-electron chi connectivity index (χ3n) is 5.98. The summed E-state index contributed by atoms with van der Waals surface area (Å²) in [5.74, 6) is 5.08. The fourth-order valence-electron chi connectivity index (χ4n) is 5.36. The average molecular weight is 251 g/mol. The highest BCUT2D eigenvalue weighted by Crippen LogP contribution is 2.57. The van der Waals surface area contributed by atoms with Crippen LogP contribution in [0.15, 0.2) is 24.3 Å². The Morgan fingerprint density at radius 3 is 2.00 bits per heavy atom. The van der Waals surface area contributed by atoms with Crippen molar-refractivity contribution in [1.29, 1.82) is 5.26 Å². The molecule has 0 amide bonds. The van der Waals surface area contributed by atoms with E-state index in [1.165, 1.54) is 44.1 Å². The van der Waals surface area contributed by atoms with Gasteiger partial charge in [0.15, 0.2) is 0 Å². The summed E-state index contributed by atoms with van der Waals surface area (Å²) in [5.41, 5.74) is 2.23. The minimum atomic E-state index is 0.786. The van der Waals surface area contributed by atoms with Crippen molar-refractivity contribution in [3.05, 3.63) is 35.4 Å². The number of nitriles is 1. The van der Waals surface area contributed by atoms with Gasteiger partial charge in [0, 0.05) is 0 Å². The summed E-state index contributed by atoms with van der Waals surface area (Å²) in [7, 11) is 0. The number of hydrogen-bond acceptors (Lipinski definition) is 1. The van der Waals surface area contributed by atoms with Gasteiger partial charge in [-0.1, -0.05) is 12.1 Å². The fraction of sp³-hybridized carbons (Fsp3) is 0.611. The van der Waals surface area contributed by atoms with E-state index in [0.29, 0.717) is 0 Å². The molecule has 0 radical (unpaired) electrons. The van der Waals surface area contributed by atoms with Crippen LogP contribution < -0.4 is 0 Å². The van der Waals surface area contributed by atoms with Gasteiger partial charge in [0.25, 0.3) is 0 Å². The average Bonchev–Trinajstić information content (AvgIpc) is 2.43. The van der Waals surface area contributed by atoms with Crippen LogP contribution in [0, 0.1) is 40.9 Å². The molecule has 1 heteroatoms. The van der Waals surface area contributed by atoms with E-state index in [9.17, 15) is 0 Å². The molecule has 1 aromatic carbocycles. The third-order valence-corrected chi connectivity index (χ3v) is 5.98. The molecular formula is C18H21N. The first-order chi connectivity index (χ1) is 9.31. The molecule has 1 nitrogen and oxygen atoms in total. The lowest BCUT2D eigenvalue weighted by molar-refractivity contribution is -0.0360. The molecule has 0 unspecified atom stereocenters. The summed E-state index contributed by atoms with van der Waals surface area (Å²) in [4.78, 5) is 0. The Morgan fingerprint density at radius 1 is 0.895 bits per heavy atom. The molecule has 19 heavy (non-hydrogen) atoms. The molecule has 0 heterocycles. The highest BCUT2D eigenvalue weighted by molar-refractivity contribution is 5.32. The van der Waals surface area contributed by atoms with E-state index in [0.717, 1.165) is 35.2 Å². The molecule has 1 aromatic rings. The highest BCUT2D eigenvalue weighted by atomic mass is 14.5. The van der Waals surface area contributed by atoms with Crippen LogP contribution in [0.3, 0.4) is 0 Å². The molecule has 4 fully saturated rings. The Labute approximate surface area is 115 Å². The smallest absolute Gasteiger partial charge is 0.0991 e. The topological polar surface area (TPSA) is 23.8 Å². The molecule has 4 aliphatic carbocycles. The Bertz CT molecular complexity index is 479. The van der Waals surface area contributed by atoms with Crippen LogP contribution in [-0.4, -0.2) is 0 Å². The van der Waals surface area contributed by atoms with Crippen LogP contribution in [0.25, 0.3) is 0 Å². The van der Waals surface area contributed by atoms with Crippen molar-refractivity contribution in [3.8, 4) is 6.07 Å². The van der Waals surface area contributed by atoms with Crippen molar-refractivity contribution in [2.75, 3.05) is 0 Å². The minimum Gasteiger partial charge on any atom is -0.192 e. The molecule has 0 aromatic heterocycles. The molecule has 0 aliphatic heterocycles. The quantitative estimate of drug-likeness (QED) is 0.773. The lowest BCUT2D eigenvalue weighted by Gasteiger charge is -2.54. The second-order valence-corrected chi connectivity index (χ2v) is 7.11. The largest absolute Gasteiger partial charge is 0.192 e. The van der Waals surface area contributed by atoms with E-state index in [1.54, 1.807) is 0 Å². The van der Waals surface area contributed by atoms with Crippen molar-refractivity contribution in [1.82, 2.24) is 0 Å². The van der Waals surface area contributed by atoms with E-state index >= 15 is 0 Å². The number of hydrogen-bond donors (Lipinski definition) is 0. The fourth-order valence-corrected chi connectivity index (χ4v) is 5.36. The van der Waals surface area contributed by atoms with E-state index < -0.39 is 0 Å². The van der Waals surface area contributed by atoms with Gasteiger partial charge in [0.1, 0.15) is 0 Å². The van der Waals surface area contributed by atoms with Crippen LogP contribution in [0.4, 0.5) is 0 Å². The zero-order chi connectivity index (χ0) is 12.8. The van der Waals surface area contributed by atoms with Crippen LogP contribution in [0.2, 0.25) is 0 Å². The zero-order valence-corrected chi connectivity index (χ0v) is 11.4. The first-order valence-corrected chi connectivity index (χ1v) is 7.81. The third kappa shape index (κ3) is 1.98. The first-order valence-electron chi connectivity index (χ1n) is 7.81. The molecule has 0 saturated heterocycles. The molecular weight excluding hydrogens is 230 g/mol. The molecule has 4 bridgehead atoms. The van der Waals surface area contributed by atoms with E-state index in [4.69, 9.17) is 5.26 Å². The van der Waals surface area contributed by atoms with Crippen molar-refractivity contribution in [2.24, 2.45) is 29.6 Å². The van der Waals surface area contributed by atoms with Crippen LogP contribution in [-0.2, 0) is 6.42 Å². The normalized spacial score (nSPS) is 39.2. The van der Waals surface area contributed by atoms with Crippen LogP contribution in [0.5, 0.6) is 0 Å². The predicted octanol–water partition coefficient (Wildman–Crippen LogP) is 4.17. The Kier molecular flexibility index (Phi) is 2.65. The Balaban J connectivity index is 1.52. The van der Waals surface area contributed by atoms with Gasteiger partial charge < -0.3 is 0 Å². The van der Waals surface area contributed by atoms with Crippen molar-refractivity contribution in [3.63, 3.8) is 0 Å². The second kappa shape index (κ2) is 4.37. The van der Waals surface area contributed by atoms with Gasteiger partial charge in [-0.3, -0.25) is 0 Å². The van der Waals surface area contributed by atoms with Crippen LogP contribution >= 0.6 is 0 Å². The van der Waals surface area contributed by atoms with Crippen molar-refractivity contribution in [2.45, 2.75) is 38.5 Å². The van der Waals surface area contributed by atoms with E-state index in [1.807, 2.05) is 12.1 Å².